The Bertz CT molecular complexity index is 969. The molecule has 0 saturated carbocycles. The maximum Gasteiger partial charge on any atom is 0.191 e. The molecule has 0 amide bonds. The van der Waals surface area contributed by atoms with Gasteiger partial charge in [-0.05, 0) is 31.0 Å². The molecule has 0 fully saturated rings. The minimum absolute atomic E-state index is 0. The van der Waals surface area contributed by atoms with E-state index in [0.717, 1.165) is 48.6 Å². The van der Waals surface area contributed by atoms with E-state index in [1.165, 1.54) is 15.4 Å². The number of nitrogens with zero attached hydrogens (tertiary/aromatic N) is 4. The van der Waals surface area contributed by atoms with Crippen LogP contribution in [-0.4, -0.2) is 43.1 Å². The second-order valence-electron chi connectivity index (χ2n) is 7.00. The number of fused-ring (bicyclic) bond motifs is 1. The fourth-order valence-electron chi connectivity index (χ4n) is 3.01. The number of guanidine groups is 1. The highest BCUT2D eigenvalue weighted by Crippen LogP contribution is 2.22. The number of nitrogens with one attached hydrogen (secondary N) is 2. The molecule has 8 heteroatoms. The van der Waals surface area contributed by atoms with Gasteiger partial charge in [-0.25, -0.2) is 15.0 Å². The zero-order chi connectivity index (χ0) is 20.6. The van der Waals surface area contributed by atoms with Gasteiger partial charge in [0.05, 0.1) is 17.1 Å². The largest absolute Gasteiger partial charge is 0.363 e. The van der Waals surface area contributed by atoms with Crippen LogP contribution in [0.3, 0.4) is 0 Å². The summed E-state index contributed by atoms with van der Waals surface area (Å²) in [6.07, 6.45) is 3.93. The Labute approximate surface area is 200 Å². The van der Waals surface area contributed by atoms with Gasteiger partial charge in [0.1, 0.15) is 5.82 Å². The molecule has 0 unspecified atom stereocenters. The number of anilines is 1. The quantitative estimate of drug-likeness (QED) is 0.255. The van der Waals surface area contributed by atoms with Gasteiger partial charge in [0.15, 0.2) is 5.96 Å². The Morgan fingerprint density at radius 1 is 1.17 bits per heavy atom. The van der Waals surface area contributed by atoms with Crippen LogP contribution in [-0.2, 0) is 19.4 Å². The normalized spacial score (nSPS) is 11.3. The van der Waals surface area contributed by atoms with Crippen LogP contribution in [0.5, 0.6) is 0 Å². The van der Waals surface area contributed by atoms with Gasteiger partial charge >= 0.3 is 0 Å². The second-order valence-corrected chi connectivity index (χ2v) is 8.20. The van der Waals surface area contributed by atoms with Crippen LogP contribution in [0.15, 0.2) is 41.5 Å². The molecule has 0 aliphatic heterocycles. The Morgan fingerprint density at radius 2 is 1.97 bits per heavy atom. The maximum absolute atomic E-state index is 4.82. The molecule has 0 radical (unpaired) electrons. The minimum atomic E-state index is 0. The lowest BCUT2D eigenvalue weighted by molar-refractivity contribution is 0.797. The molecule has 3 aromatic rings. The van der Waals surface area contributed by atoms with E-state index in [-0.39, 0.29) is 24.0 Å². The van der Waals surface area contributed by atoms with Gasteiger partial charge in [0.25, 0.3) is 0 Å². The molecule has 2 aromatic heterocycles. The van der Waals surface area contributed by atoms with Gasteiger partial charge in [0, 0.05) is 50.1 Å². The van der Waals surface area contributed by atoms with E-state index in [0.29, 0.717) is 6.54 Å². The van der Waals surface area contributed by atoms with E-state index < -0.39 is 0 Å². The van der Waals surface area contributed by atoms with Crippen LogP contribution in [0.4, 0.5) is 5.82 Å². The first-order valence-electron chi connectivity index (χ1n) is 10.1. The summed E-state index contributed by atoms with van der Waals surface area (Å²) in [5.74, 6) is 1.77. The molecule has 2 N–H and O–H groups in total. The summed E-state index contributed by atoms with van der Waals surface area (Å²) in [4.78, 5) is 17.4. The lowest BCUT2D eigenvalue weighted by atomic mass is 10.1. The van der Waals surface area contributed by atoms with Gasteiger partial charge in [-0.3, -0.25) is 0 Å². The number of thiazole rings is 1. The third kappa shape index (κ3) is 6.53. The molecule has 1 aromatic carbocycles. The Hall–Kier alpha value is -1.94. The van der Waals surface area contributed by atoms with E-state index >= 15 is 0 Å². The van der Waals surface area contributed by atoms with Gasteiger partial charge in [-0.1, -0.05) is 25.1 Å². The van der Waals surface area contributed by atoms with Crippen LogP contribution in [0.2, 0.25) is 0 Å². The zero-order valence-electron chi connectivity index (χ0n) is 18.1. The third-order valence-electron chi connectivity index (χ3n) is 4.58. The molecule has 0 bridgehead atoms. The highest BCUT2D eigenvalue weighted by Gasteiger charge is 2.08. The van der Waals surface area contributed by atoms with E-state index in [2.05, 4.69) is 53.7 Å². The summed E-state index contributed by atoms with van der Waals surface area (Å²) < 4.78 is 0. The maximum atomic E-state index is 4.82. The lowest BCUT2D eigenvalue weighted by Crippen LogP contribution is -2.38. The zero-order valence-corrected chi connectivity index (χ0v) is 21.3. The molecular weight excluding hydrogens is 507 g/mol. The van der Waals surface area contributed by atoms with Crippen molar-refractivity contribution >= 4 is 58.0 Å². The summed E-state index contributed by atoms with van der Waals surface area (Å²) in [6, 6.07) is 10.4. The first-order valence-corrected chi connectivity index (χ1v) is 10.9. The van der Waals surface area contributed by atoms with Crippen LogP contribution in [0.25, 0.3) is 10.9 Å². The highest BCUT2D eigenvalue weighted by atomic mass is 127. The number of aliphatic imine (C=N–C) groups is 1. The Kier molecular flexibility index (Phi) is 9.77. The number of aromatic nitrogens is 2. The monoisotopic (exact) mass is 538 g/mol. The van der Waals surface area contributed by atoms with Crippen LogP contribution >= 0.6 is 35.3 Å². The number of rotatable bonds is 8. The van der Waals surface area contributed by atoms with Crippen molar-refractivity contribution in [2.75, 3.05) is 32.1 Å². The standard InChI is InChI=1S/C22H30N6S.HI/c1-5-17-15-25-21(29-17)11-12-24-22(23-6-2)26-14-16-13-20(28(3)4)27-19-10-8-7-9-18(16)19;/h7-10,13,15H,5-6,11-12,14H2,1-4H3,(H2,23,24,26);1H. The summed E-state index contributed by atoms with van der Waals surface area (Å²) in [5, 5.41) is 9.08. The van der Waals surface area contributed by atoms with Gasteiger partial charge in [-0.2, -0.15) is 0 Å². The fraction of sp³-hybridized carbons (Fsp3) is 0.409. The predicted octanol–water partition coefficient (Wildman–Crippen LogP) is 4.24. The van der Waals surface area contributed by atoms with Crippen molar-refractivity contribution in [3.05, 3.63) is 52.0 Å². The number of pyridine rings is 1. The SMILES string of the molecule is CCNC(=NCc1cc(N(C)C)nc2ccccc12)NCCc1ncc(CC)s1.I. The third-order valence-corrected chi connectivity index (χ3v) is 5.78. The van der Waals surface area contributed by atoms with E-state index in [1.807, 2.05) is 31.3 Å². The smallest absolute Gasteiger partial charge is 0.191 e. The first kappa shape index (κ1) is 24.3. The molecule has 0 aliphatic rings. The Balaban J connectivity index is 0.00000320. The van der Waals surface area contributed by atoms with E-state index in [9.17, 15) is 0 Å². The van der Waals surface area contributed by atoms with Gasteiger partial charge < -0.3 is 15.5 Å². The summed E-state index contributed by atoms with van der Waals surface area (Å²) in [6.45, 7) is 6.47. The molecule has 0 spiro atoms. The molecule has 0 saturated heterocycles. The second kappa shape index (κ2) is 12.0. The molecule has 0 aliphatic carbocycles. The molecule has 3 rings (SSSR count). The number of halogens is 1. The van der Waals surface area contributed by atoms with Crippen molar-refractivity contribution < 1.29 is 0 Å². The number of benzene rings is 1. The van der Waals surface area contributed by atoms with Gasteiger partial charge in [-0.15, -0.1) is 35.3 Å². The Morgan fingerprint density at radius 3 is 2.67 bits per heavy atom. The predicted molar refractivity (Wildman–Crippen MR) is 139 cm³/mol. The first-order chi connectivity index (χ1) is 14.1. The fourth-order valence-corrected chi connectivity index (χ4v) is 3.87. The van der Waals surface area contributed by atoms with Crippen molar-refractivity contribution in [1.82, 2.24) is 20.6 Å². The molecule has 2 heterocycles. The van der Waals surface area contributed by atoms with Crippen LogP contribution in [0, 0.1) is 0 Å². The average Bonchev–Trinajstić information content (AvgIpc) is 3.19. The molecule has 6 nitrogen and oxygen atoms in total. The number of aryl methyl sites for hydroxylation is 1. The lowest BCUT2D eigenvalue weighted by Gasteiger charge is -2.15. The number of para-hydroxylation sites is 1. The van der Waals surface area contributed by atoms with Crippen molar-refractivity contribution in [2.45, 2.75) is 33.2 Å². The minimum Gasteiger partial charge on any atom is -0.363 e. The van der Waals surface area contributed by atoms with Gasteiger partial charge in [0.2, 0.25) is 0 Å². The number of hydrogen-bond donors (Lipinski definition) is 2. The van der Waals surface area contributed by atoms with Crippen molar-refractivity contribution in [3.8, 4) is 0 Å². The highest BCUT2D eigenvalue weighted by molar-refractivity contribution is 14.0. The molecule has 30 heavy (non-hydrogen) atoms. The summed E-state index contributed by atoms with van der Waals surface area (Å²) >= 11 is 1.79. The molecular formula is C22H31IN6S. The number of hydrogen-bond acceptors (Lipinski definition) is 5. The summed E-state index contributed by atoms with van der Waals surface area (Å²) in [7, 11) is 4.02. The van der Waals surface area contributed by atoms with E-state index in [4.69, 9.17) is 9.98 Å². The average molecular weight is 539 g/mol. The molecule has 162 valence electrons. The summed E-state index contributed by atoms with van der Waals surface area (Å²) in [5.41, 5.74) is 2.17. The van der Waals surface area contributed by atoms with Crippen LogP contribution in [0.1, 0.15) is 29.3 Å². The molecule has 0 atom stereocenters. The topological polar surface area (TPSA) is 65.4 Å². The van der Waals surface area contributed by atoms with Crippen molar-refractivity contribution in [1.29, 1.82) is 0 Å². The van der Waals surface area contributed by atoms with Crippen LogP contribution < -0.4 is 15.5 Å². The van der Waals surface area contributed by atoms with E-state index in [1.54, 1.807) is 11.3 Å². The van der Waals surface area contributed by atoms with Crippen molar-refractivity contribution in [2.24, 2.45) is 4.99 Å². The van der Waals surface area contributed by atoms with Crippen molar-refractivity contribution in [3.63, 3.8) is 0 Å².